The summed E-state index contributed by atoms with van der Waals surface area (Å²) in [4.78, 5) is 0. The van der Waals surface area contributed by atoms with Crippen LogP contribution in [0.5, 0.6) is 0 Å². The molecule has 0 aromatic carbocycles. The van der Waals surface area contributed by atoms with Crippen molar-refractivity contribution in [3.8, 4) is 0 Å². The molecule has 1 rings (SSSR count). The third-order valence-electron chi connectivity index (χ3n) is 5.72. The van der Waals surface area contributed by atoms with Crippen LogP contribution in [0.25, 0.3) is 0 Å². The Hall–Kier alpha value is 0. The molecule has 2 atom stereocenters. The second-order valence-corrected chi connectivity index (χ2v) is 7.70. The number of hydrogen-bond donors (Lipinski definition) is 0. The Morgan fingerprint density at radius 3 is 1.62 bits per heavy atom. The van der Waals surface area contributed by atoms with Gasteiger partial charge in [0.05, 0.1) is 0 Å². The molecule has 0 spiro atoms. The van der Waals surface area contributed by atoms with E-state index in [1.165, 1.54) is 109 Å². The van der Waals surface area contributed by atoms with Crippen molar-refractivity contribution in [2.75, 3.05) is 0 Å². The lowest BCUT2D eigenvalue weighted by Gasteiger charge is -2.28. The van der Waals surface area contributed by atoms with Crippen molar-refractivity contribution in [3.05, 3.63) is 0 Å². The van der Waals surface area contributed by atoms with Gasteiger partial charge in [-0.25, -0.2) is 0 Å². The fraction of sp³-hybridized carbons (Fsp3) is 1.00. The maximum atomic E-state index is 2.49. The van der Waals surface area contributed by atoms with Crippen molar-refractivity contribution in [3.63, 3.8) is 0 Å². The molecule has 1 aliphatic carbocycles. The summed E-state index contributed by atoms with van der Waals surface area (Å²) in [5.41, 5.74) is 0. The van der Waals surface area contributed by atoms with Crippen molar-refractivity contribution < 1.29 is 0 Å². The molecule has 21 heavy (non-hydrogen) atoms. The van der Waals surface area contributed by atoms with Gasteiger partial charge in [0.15, 0.2) is 0 Å². The van der Waals surface area contributed by atoms with Crippen LogP contribution in [-0.2, 0) is 0 Å². The van der Waals surface area contributed by atoms with Gasteiger partial charge in [0, 0.05) is 0 Å². The van der Waals surface area contributed by atoms with Gasteiger partial charge in [0.1, 0.15) is 0 Å². The van der Waals surface area contributed by atoms with Crippen molar-refractivity contribution in [2.45, 2.75) is 123 Å². The number of unbranched alkanes of at least 4 members (excludes halogenated alkanes) is 11. The maximum Gasteiger partial charge on any atom is -0.0388 e. The summed E-state index contributed by atoms with van der Waals surface area (Å²) in [6, 6.07) is 0. The summed E-state index contributed by atoms with van der Waals surface area (Å²) in [5.74, 6) is 2.09. The first-order valence-electron chi connectivity index (χ1n) is 10.3. The quantitative estimate of drug-likeness (QED) is 0.303. The van der Waals surface area contributed by atoms with Crippen LogP contribution < -0.4 is 0 Å². The van der Waals surface area contributed by atoms with E-state index in [-0.39, 0.29) is 0 Å². The average Bonchev–Trinajstić information content (AvgIpc) is 2.50. The Morgan fingerprint density at radius 1 is 0.619 bits per heavy atom. The molecule has 0 bridgehead atoms. The first kappa shape index (κ1) is 19.0. The number of rotatable bonds is 13. The van der Waals surface area contributed by atoms with Gasteiger partial charge in [-0.15, -0.1) is 0 Å². The molecule has 0 radical (unpaired) electrons. The molecular weight excluding hydrogens is 252 g/mol. The van der Waals surface area contributed by atoms with E-state index in [9.17, 15) is 0 Å². The van der Waals surface area contributed by atoms with E-state index in [4.69, 9.17) is 0 Å². The normalized spacial score (nSPS) is 22.6. The van der Waals surface area contributed by atoms with Crippen LogP contribution in [0.15, 0.2) is 0 Å². The highest BCUT2D eigenvalue weighted by Gasteiger charge is 2.20. The lowest BCUT2D eigenvalue weighted by atomic mass is 9.78. The summed E-state index contributed by atoms with van der Waals surface area (Å²) >= 11 is 0. The molecule has 1 aliphatic rings. The van der Waals surface area contributed by atoms with Gasteiger partial charge in [-0.3, -0.25) is 0 Å². The van der Waals surface area contributed by atoms with Crippen LogP contribution >= 0.6 is 0 Å². The van der Waals surface area contributed by atoms with E-state index in [0.29, 0.717) is 0 Å². The predicted octanol–water partition coefficient (Wildman–Crippen LogP) is 7.90. The maximum absolute atomic E-state index is 2.49. The van der Waals surface area contributed by atoms with Crippen LogP contribution in [0, 0.1) is 11.8 Å². The van der Waals surface area contributed by atoms with Crippen molar-refractivity contribution in [1.82, 2.24) is 0 Å². The second-order valence-electron chi connectivity index (χ2n) is 7.70. The Labute approximate surface area is 135 Å². The van der Waals surface area contributed by atoms with E-state index in [1.807, 2.05) is 0 Å². The second kappa shape index (κ2) is 13.6. The minimum Gasteiger partial charge on any atom is -0.0654 e. The monoisotopic (exact) mass is 294 g/mol. The molecule has 0 saturated heterocycles. The van der Waals surface area contributed by atoms with Crippen molar-refractivity contribution >= 4 is 0 Å². The van der Waals surface area contributed by atoms with Crippen LogP contribution in [-0.4, -0.2) is 0 Å². The fourth-order valence-electron chi connectivity index (χ4n) is 4.07. The summed E-state index contributed by atoms with van der Waals surface area (Å²) < 4.78 is 0. The van der Waals surface area contributed by atoms with Crippen LogP contribution in [0.3, 0.4) is 0 Å². The van der Waals surface area contributed by atoms with Gasteiger partial charge in [-0.1, -0.05) is 123 Å². The summed E-state index contributed by atoms with van der Waals surface area (Å²) in [7, 11) is 0. The molecule has 0 aliphatic heterocycles. The van der Waals surface area contributed by atoms with E-state index < -0.39 is 0 Å². The smallest absolute Gasteiger partial charge is 0.0388 e. The summed E-state index contributed by atoms with van der Waals surface area (Å²) in [5, 5.41) is 0. The molecule has 1 fully saturated rings. The fourth-order valence-corrected chi connectivity index (χ4v) is 4.07. The topological polar surface area (TPSA) is 0 Å². The van der Waals surface area contributed by atoms with Crippen molar-refractivity contribution in [2.24, 2.45) is 11.8 Å². The Balaban J connectivity index is 1.76. The Bertz CT molecular complexity index is 208. The van der Waals surface area contributed by atoms with Crippen LogP contribution in [0.1, 0.15) is 123 Å². The third-order valence-corrected chi connectivity index (χ3v) is 5.72. The molecule has 1 saturated carbocycles. The molecule has 0 aromatic rings. The first-order chi connectivity index (χ1) is 10.3. The highest BCUT2D eigenvalue weighted by Crippen LogP contribution is 2.33. The highest BCUT2D eigenvalue weighted by atomic mass is 14.3. The molecule has 126 valence electrons. The Morgan fingerprint density at radius 2 is 1.10 bits per heavy atom. The van der Waals surface area contributed by atoms with Gasteiger partial charge in [-0.2, -0.15) is 0 Å². The van der Waals surface area contributed by atoms with E-state index >= 15 is 0 Å². The lowest BCUT2D eigenvalue weighted by Crippen LogP contribution is -2.16. The van der Waals surface area contributed by atoms with E-state index in [2.05, 4.69) is 13.8 Å². The zero-order valence-electron chi connectivity index (χ0n) is 15.2. The Kier molecular flexibility index (Phi) is 12.4. The first-order valence-corrected chi connectivity index (χ1v) is 10.3. The van der Waals surface area contributed by atoms with Crippen molar-refractivity contribution in [1.29, 1.82) is 0 Å². The molecule has 0 aromatic heterocycles. The standard InChI is InChI=1S/C21H42/c1-3-4-5-6-7-8-9-10-11-12-13-14-18-21-19-16-15-17-20(21)2/h20-21H,3-19H2,1-2H3. The summed E-state index contributed by atoms with van der Waals surface area (Å²) in [6.07, 6.45) is 25.3. The number of hydrogen-bond acceptors (Lipinski definition) is 0. The lowest BCUT2D eigenvalue weighted by molar-refractivity contribution is 0.236. The largest absolute Gasteiger partial charge is 0.0654 e. The van der Waals surface area contributed by atoms with Crippen LogP contribution in [0.2, 0.25) is 0 Å². The van der Waals surface area contributed by atoms with E-state index in [0.717, 1.165) is 11.8 Å². The van der Waals surface area contributed by atoms with Gasteiger partial charge in [0.2, 0.25) is 0 Å². The molecule has 0 amide bonds. The minimum atomic E-state index is 1.02. The van der Waals surface area contributed by atoms with Gasteiger partial charge in [0.25, 0.3) is 0 Å². The van der Waals surface area contributed by atoms with E-state index in [1.54, 1.807) is 0 Å². The van der Waals surface area contributed by atoms with Gasteiger partial charge >= 0.3 is 0 Å². The molecule has 0 nitrogen and oxygen atoms in total. The molecule has 0 heterocycles. The zero-order chi connectivity index (χ0) is 15.2. The minimum absolute atomic E-state index is 1.02. The zero-order valence-corrected chi connectivity index (χ0v) is 15.2. The van der Waals surface area contributed by atoms with Crippen LogP contribution in [0.4, 0.5) is 0 Å². The molecule has 2 unspecified atom stereocenters. The predicted molar refractivity (Wildman–Crippen MR) is 96.8 cm³/mol. The van der Waals surface area contributed by atoms with Gasteiger partial charge < -0.3 is 0 Å². The molecule has 0 heteroatoms. The average molecular weight is 295 g/mol. The SMILES string of the molecule is CCCCCCCCCCCCCCC1CCCCC1C. The molecule has 0 N–H and O–H groups in total. The third kappa shape index (κ3) is 10.4. The molecular formula is C21H42. The highest BCUT2D eigenvalue weighted by molar-refractivity contribution is 4.72. The van der Waals surface area contributed by atoms with Gasteiger partial charge in [-0.05, 0) is 11.8 Å². The summed E-state index contributed by atoms with van der Waals surface area (Å²) in [6.45, 7) is 4.79.